The number of alkyl halides is 3. The molecule has 1 aliphatic carbocycles. The molecule has 0 spiro atoms. The first-order chi connectivity index (χ1) is 10.2. The maximum atomic E-state index is 12.3. The van der Waals surface area contributed by atoms with Gasteiger partial charge < -0.3 is 0 Å². The lowest BCUT2D eigenvalue weighted by molar-refractivity contribution is -0.837. The average Bonchev–Trinajstić information content (AvgIpc) is 2.42. The van der Waals surface area contributed by atoms with Crippen molar-refractivity contribution in [3.05, 3.63) is 45.0 Å². The van der Waals surface area contributed by atoms with Crippen LogP contribution in [0.2, 0.25) is 5.02 Å². The Labute approximate surface area is 140 Å². The van der Waals surface area contributed by atoms with E-state index in [2.05, 4.69) is 2.51 Å². The Morgan fingerprint density at radius 3 is 2.27 bits per heavy atom. The maximum absolute atomic E-state index is 12.3. The van der Waals surface area contributed by atoms with Crippen LogP contribution in [0, 0.1) is 3.57 Å². The number of rotatable bonds is 3. The van der Waals surface area contributed by atoms with Gasteiger partial charge in [-0.3, -0.25) is 0 Å². The van der Waals surface area contributed by atoms with Crippen LogP contribution in [-0.4, -0.2) is 13.9 Å². The lowest BCUT2D eigenvalue weighted by Gasteiger charge is -2.23. The van der Waals surface area contributed by atoms with Crippen LogP contribution in [0.25, 0.3) is 22.3 Å². The molecular formula is C13H6ClF3IO3S+. The van der Waals surface area contributed by atoms with Gasteiger partial charge in [0.25, 0.3) is 3.57 Å². The molecule has 0 heterocycles. The Hall–Kier alpha value is -0.840. The predicted molar refractivity (Wildman–Crippen MR) is 70.6 cm³/mol. The summed E-state index contributed by atoms with van der Waals surface area (Å²) in [6.07, 6.45) is 0. The number of fused-ring (bicyclic) bond motifs is 4. The molecule has 3 nitrogen and oxygen atoms in total. The van der Waals surface area contributed by atoms with Crippen LogP contribution >= 0.6 is 11.6 Å². The number of hydrogen-bond acceptors (Lipinski definition) is 3. The Balaban J connectivity index is 1.96. The molecule has 0 aliphatic heterocycles. The second-order valence-corrected chi connectivity index (χ2v) is 8.87. The van der Waals surface area contributed by atoms with Crippen LogP contribution in [-0.2, 0) is 12.6 Å². The van der Waals surface area contributed by atoms with Gasteiger partial charge in [-0.25, -0.2) is 0 Å². The topological polar surface area (TPSA) is 43.4 Å². The van der Waals surface area contributed by atoms with Crippen molar-refractivity contribution in [3.8, 4) is 22.3 Å². The Kier molecular flexibility index (Phi) is 3.91. The molecule has 0 saturated carbocycles. The van der Waals surface area contributed by atoms with E-state index in [0.717, 1.165) is 16.7 Å². The van der Waals surface area contributed by atoms with E-state index in [9.17, 15) is 21.6 Å². The largest absolute Gasteiger partial charge is 0.543 e. The van der Waals surface area contributed by atoms with Crippen LogP contribution in [0.3, 0.4) is 0 Å². The van der Waals surface area contributed by atoms with Crippen LogP contribution in [0.4, 0.5) is 13.2 Å². The summed E-state index contributed by atoms with van der Waals surface area (Å²) >= 11 is 4.11. The van der Waals surface area contributed by atoms with Crippen LogP contribution < -0.4 is 21.6 Å². The summed E-state index contributed by atoms with van der Waals surface area (Å²) in [5.74, 6) is 0. The standard InChI is InChI=1S/C13H6ClF3IO3S/c14-10-6-5-9-7-3-1-2-4-8(7)11(9)12(10)18-21-22(19,20)13(15,16)17/h1-6H/q+1. The first kappa shape index (κ1) is 16.0. The molecule has 0 atom stereocenters. The van der Waals surface area contributed by atoms with E-state index >= 15 is 0 Å². The van der Waals surface area contributed by atoms with E-state index in [-0.39, 0.29) is 5.02 Å². The van der Waals surface area contributed by atoms with Gasteiger partial charge in [0.05, 0.1) is 5.02 Å². The summed E-state index contributed by atoms with van der Waals surface area (Å²) in [7, 11) is -5.61. The maximum Gasteiger partial charge on any atom is 0.543 e. The summed E-state index contributed by atoms with van der Waals surface area (Å²) in [6, 6.07) is 10.6. The first-order valence-electron chi connectivity index (χ1n) is 5.79. The molecule has 3 rings (SSSR count). The molecular weight excluding hydrogens is 456 g/mol. The lowest BCUT2D eigenvalue weighted by Crippen LogP contribution is -3.62. The number of halogens is 5. The van der Waals surface area contributed by atoms with Gasteiger partial charge in [0.1, 0.15) is 0 Å². The Morgan fingerprint density at radius 1 is 1.00 bits per heavy atom. The Bertz CT molecular complexity index is 865. The van der Waals surface area contributed by atoms with Crippen molar-refractivity contribution >= 4 is 21.7 Å². The van der Waals surface area contributed by atoms with Crippen molar-refractivity contribution in [2.45, 2.75) is 5.51 Å². The van der Waals surface area contributed by atoms with Crippen molar-refractivity contribution in [1.82, 2.24) is 0 Å². The molecule has 0 bridgehead atoms. The van der Waals surface area contributed by atoms with Gasteiger partial charge in [0, 0.05) is 8.08 Å². The van der Waals surface area contributed by atoms with E-state index in [1.54, 1.807) is 18.2 Å². The SMILES string of the molecule is O=S(=O)(O[I+]c1c(Cl)ccc2c1-c1ccccc1-2)C(F)(F)F. The van der Waals surface area contributed by atoms with Crippen molar-refractivity contribution in [3.63, 3.8) is 0 Å². The van der Waals surface area contributed by atoms with E-state index in [0.29, 0.717) is 9.13 Å². The third-order valence-corrected chi connectivity index (χ3v) is 8.01. The fraction of sp³-hybridized carbons (Fsp3) is 0.0769. The third-order valence-electron chi connectivity index (χ3n) is 3.06. The minimum atomic E-state index is -5.61. The van der Waals surface area contributed by atoms with Gasteiger partial charge in [-0.15, -0.1) is 0 Å². The highest BCUT2D eigenvalue weighted by Gasteiger charge is 2.53. The molecule has 0 aromatic heterocycles. The highest BCUT2D eigenvalue weighted by atomic mass is 127. The molecule has 0 fully saturated rings. The first-order valence-corrected chi connectivity index (χ1v) is 9.54. The molecule has 0 N–H and O–H groups in total. The zero-order valence-electron chi connectivity index (χ0n) is 10.5. The second-order valence-electron chi connectivity index (χ2n) is 4.37. The highest BCUT2D eigenvalue weighted by molar-refractivity contribution is 7.87. The van der Waals surface area contributed by atoms with Crippen molar-refractivity contribution in [2.24, 2.45) is 0 Å². The summed E-state index contributed by atoms with van der Waals surface area (Å²) in [5, 5.41) is 0.207. The van der Waals surface area contributed by atoms with E-state index in [4.69, 9.17) is 11.6 Å². The second kappa shape index (κ2) is 5.36. The molecule has 1 aliphatic rings. The molecule has 2 aromatic rings. The molecule has 2 aromatic carbocycles. The zero-order chi connectivity index (χ0) is 16.1. The molecule has 22 heavy (non-hydrogen) atoms. The summed E-state index contributed by atoms with van der Waals surface area (Å²) in [4.78, 5) is 0. The summed E-state index contributed by atoms with van der Waals surface area (Å²) in [6.45, 7) is 0. The average molecular weight is 462 g/mol. The van der Waals surface area contributed by atoms with Gasteiger partial charge in [0.15, 0.2) is 0 Å². The number of benzene rings is 2. The smallest absolute Gasteiger partial charge is 0.186 e. The molecule has 0 saturated heterocycles. The van der Waals surface area contributed by atoms with Crippen LogP contribution in [0.15, 0.2) is 36.4 Å². The van der Waals surface area contributed by atoms with E-state index in [1.165, 1.54) is 6.07 Å². The summed E-state index contributed by atoms with van der Waals surface area (Å²) < 4.78 is 63.6. The quantitative estimate of drug-likeness (QED) is 0.432. The highest BCUT2D eigenvalue weighted by Crippen LogP contribution is 2.47. The van der Waals surface area contributed by atoms with Crippen LogP contribution in [0.5, 0.6) is 0 Å². The molecule has 9 heteroatoms. The molecule has 0 radical (unpaired) electrons. The zero-order valence-corrected chi connectivity index (χ0v) is 14.2. The van der Waals surface area contributed by atoms with Gasteiger partial charge in [-0.2, -0.15) is 21.6 Å². The van der Waals surface area contributed by atoms with E-state index < -0.39 is 37.2 Å². The third kappa shape index (κ3) is 2.51. The van der Waals surface area contributed by atoms with Crippen molar-refractivity contribution in [1.29, 1.82) is 0 Å². The van der Waals surface area contributed by atoms with Gasteiger partial charge in [-0.05, 0) is 22.8 Å². The summed E-state index contributed by atoms with van der Waals surface area (Å²) in [5.41, 5.74) is -2.13. The number of hydrogen-bond donors (Lipinski definition) is 0. The fourth-order valence-corrected chi connectivity index (χ4v) is 5.72. The minimum Gasteiger partial charge on any atom is -0.186 e. The van der Waals surface area contributed by atoms with Gasteiger partial charge >= 0.3 is 37.2 Å². The van der Waals surface area contributed by atoms with Gasteiger partial charge in [0.2, 0.25) is 0 Å². The normalized spacial score (nSPS) is 13.3. The molecule has 0 amide bonds. The van der Waals surface area contributed by atoms with Crippen molar-refractivity contribution in [2.75, 3.05) is 0 Å². The minimum absolute atomic E-state index is 0.207. The molecule has 116 valence electrons. The van der Waals surface area contributed by atoms with Gasteiger partial charge in [-0.1, -0.05) is 41.9 Å². The Morgan fingerprint density at radius 2 is 1.64 bits per heavy atom. The predicted octanol–water partition coefficient (Wildman–Crippen LogP) is 1.03. The van der Waals surface area contributed by atoms with Crippen LogP contribution in [0.1, 0.15) is 0 Å². The monoisotopic (exact) mass is 461 g/mol. The van der Waals surface area contributed by atoms with Crippen molar-refractivity contribution < 1.29 is 45.7 Å². The van der Waals surface area contributed by atoms with E-state index in [1.807, 2.05) is 12.1 Å². The fourth-order valence-electron chi connectivity index (χ4n) is 2.10. The lowest BCUT2D eigenvalue weighted by atomic mass is 9.81. The molecule has 0 unspecified atom stereocenters.